The van der Waals surface area contributed by atoms with Crippen LogP contribution in [0.3, 0.4) is 0 Å². The lowest BCUT2D eigenvalue weighted by molar-refractivity contribution is -0.127. The van der Waals surface area contributed by atoms with Crippen LogP contribution in [0.1, 0.15) is 22.8 Å². The first-order valence-corrected chi connectivity index (χ1v) is 10.4. The summed E-state index contributed by atoms with van der Waals surface area (Å²) < 4.78 is 11.8. The van der Waals surface area contributed by atoms with Crippen LogP contribution in [0.4, 0.5) is 0 Å². The SMILES string of the molecule is CC(Oc1cccc(Cl)c1)C(=O)NN=Cc1cc(Br)ccc1OC(=O)c1ccccc1. The molecule has 0 radical (unpaired) electrons. The van der Waals surface area contributed by atoms with E-state index in [9.17, 15) is 9.59 Å². The van der Waals surface area contributed by atoms with E-state index in [4.69, 9.17) is 21.1 Å². The fourth-order valence-electron chi connectivity index (χ4n) is 2.50. The Morgan fingerprint density at radius 3 is 2.58 bits per heavy atom. The summed E-state index contributed by atoms with van der Waals surface area (Å²) in [4.78, 5) is 24.6. The molecule has 0 aromatic heterocycles. The average molecular weight is 502 g/mol. The molecule has 0 aliphatic heterocycles. The van der Waals surface area contributed by atoms with E-state index in [1.807, 2.05) is 6.07 Å². The highest BCUT2D eigenvalue weighted by Gasteiger charge is 2.15. The molecule has 1 atom stereocenters. The van der Waals surface area contributed by atoms with Crippen molar-refractivity contribution >= 4 is 45.6 Å². The fourth-order valence-corrected chi connectivity index (χ4v) is 3.06. The standard InChI is InChI=1S/C23H18BrClN2O4/c1-15(30-20-9-5-8-19(25)13-20)22(28)27-26-14-17-12-18(24)10-11-21(17)31-23(29)16-6-3-2-4-7-16/h2-15H,1H3,(H,27,28). The van der Waals surface area contributed by atoms with E-state index in [0.29, 0.717) is 27.6 Å². The van der Waals surface area contributed by atoms with Gasteiger partial charge in [-0.25, -0.2) is 10.2 Å². The number of hydrogen-bond donors (Lipinski definition) is 1. The molecule has 0 aliphatic carbocycles. The van der Waals surface area contributed by atoms with Crippen LogP contribution < -0.4 is 14.9 Å². The van der Waals surface area contributed by atoms with Gasteiger partial charge in [-0.1, -0.05) is 51.8 Å². The first kappa shape index (κ1) is 22.5. The number of carbonyl (C=O) groups is 2. The molecule has 0 saturated heterocycles. The van der Waals surface area contributed by atoms with Gasteiger partial charge in [-0.05, 0) is 55.5 Å². The molecule has 0 spiro atoms. The van der Waals surface area contributed by atoms with Crippen LogP contribution in [0.5, 0.6) is 11.5 Å². The van der Waals surface area contributed by atoms with E-state index in [1.54, 1.807) is 73.7 Å². The molecule has 3 rings (SSSR count). The average Bonchev–Trinajstić information content (AvgIpc) is 2.76. The van der Waals surface area contributed by atoms with Crippen LogP contribution in [0.2, 0.25) is 5.02 Å². The number of benzene rings is 3. The number of hydrogen-bond acceptors (Lipinski definition) is 5. The highest BCUT2D eigenvalue weighted by Crippen LogP contribution is 2.23. The Balaban J connectivity index is 1.65. The lowest BCUT2D eigenvalue weighted by Crippen LogP contribution is -2.33. The third-order valence-corrected chi connectivity index (χ3v) is 4.77. The van der Waals surface area contributed by atoms with Gasteiger partial charge >= 0.3 is 5.97 Å². The summed E-state index contributed by atoms with van der Waals surface area (Å²) in [5.41, 5.74) is 3.34. The normalized spacial score (nSPS) is 11.7. The van der Waals surface area contributed by atoms with E-state index in [1.165, 1.54) is 6.21 Å². The van der Waals surface area contributed by atoms with E-state index >= 15 is 0 Å². The van der Waals surface area contributed by atoms with E-state index < -0.39 is 18.0 Å². The Kier molecular flexibility index (Phi) is 7.81. The topological polar surface area (TPSA) is 77.0 Å². The van der Waals surface area contributed by atoms with Crippen LogP contribution >= 0.6 is 27.5 Å². The molecule has 0 saturated carbocycles. The summed E-state index contributed by atoms with van der Waals surface area (Å²) in [7, 11) is 0. The van der Waals surface area contributed by atoms with Crippen molar-refractivity contribution in [1.29, 1.82) is 0 Å². The summed E-state index contributed by atoms with van der Waals surface area (Å²) in [6.07, 6.45) is 0.594. The molecule has 6 nitrogen and oxygen atoms in total. The molecule has 1 unspecified atom stereocenters. The lowest BCUT2D eigenvalue weighted by atomic mass is 10.2. The number of halogens is 2. The van der Waals surface area contributed by atoms with Crippen LogP contribution in [-0.2, 0) is 4.79 Å². The monoisotopic (exact) mass is 500 g/mol. The fraction of sp³-hybridized carbons (Fsp3) is 0.0870. The summed E-state index contributed by atoms with van der Waals surface area (Å²) >= 11 is 9.29. The van der Waals surface area contributed by atoms with E-state index in [-0.39, 0.29) is 0 Å². The number of hydrazone groups is 1. The third-order valence-electron chi connectivity index (χ3n) is 4.04. The van der Waals surface area contributed by atoms with Gasteiger partial charge in [0.1, 0.15) is 11.5 Å². The zero-order valence-electron chi connectivity index (χ0n) is 16.4. The van der Waals surface area contributed by atoms with Crippen molar-refractivity contribution in [3.63, 3.8) is 0 Å². The second-order valence-electron chi connectivity index (χ2n) is 6.39. The lowest BCUT2D eigenvalue weighted by Gasteiger charge is -2.13. The molecule has 0 bridgehead atoms. The van der Waals surface area contributed by atoms with Gasteiger partial charge in [0.05, 0.1) is 11.8 Å². The molecule has 1 amide bonds. The van der Waals surface area contributed by atoms with Crippen molar-refractivity contribution in [1.82, 2.24) is 5.43 Å². The zero-order chi connectivity index (χ0) is 22.2. The van der Waals surface area contributed by atoms with Gasteiger partial charge in [-0.15, -0.1) is 0 Å². The molecule has 158 valence electrons. The number of rotatable bonds is 7. The Labute approximate surface area is 193 Å². The van der Waals surface area contributed by atoms with Crippen molar-refractivity contribution < 1.29 is 19.1 Å². The molecular formula is C23H18BrClN2O4. The predicted octanol–water partition coefficient (Wildman–Crippen LogP) is 5.24. The van der Waals surface area contributed by atoms with E-state index in [0.717, 1.165) is 4.47 Å². The minimum absolute atomic E-state index is 0.304. The minimum atomic E-state index is -0.798. The molecular weight excluding hydrogens is 484 g/mol. The molecule has 0 aliphatic rings. The number of esters is 1. The number of nitrogens with zero attached hydrogens (tertiary/aromatic N) is 1. The quantitative estimate of drug-likeness (QED) is 0.208. The van der Waals surface area contributed by atoms with Crippen molar-refractivity contribution in [3.8, 4) is 11.5 Å². The maximum atomic E-state index is 12.3. The van der Waals surface area contributed by atoms with Gasteiger partial charge in [-0.3, -0.25) is 4.79 Å². The Hall–Kier alpha value is -3.16. The van der Waals surface area contributed by atoms with E-state index in [2.05, 4.69) is 26.5 Å². The minimum Gasteiger partial charge on any atom is -0.481 e. The molecule has 3 aromatic rings. The number of ether oxygens (including phenoxy) is 2. The molecule has 3 aromatic carbocycles. The van der Waals surface area contributed by atoms with Gasteiger partial charge in [0.15, 0.2) is 6.10 Å². The first-order valence-electron chi connectivity index (χ1n) is 9.24. The third kappa shape index (κ3) is 6.67. The van der Waals surface area contributed by atoms with Crippen LogP contribution in [0.25, 0.3) is 0 Å². The Morgan fingerprint density at radius 1 is 1.06 bits per heavy atom. The molecule has 0 fully saturated rings. The molecule has 31 heavy (non-hydrogen) atoms. The highest BCUT2D eigenvalue weighted by atomic mass is 79.9. The van der Waals surface area contributed by atoms with Gasteiger partial charge in [0.2, 0.25) is 0 Å². The van der Waals surface area contributed by atoms with Gasteiger partial charge in [0.25, 0.3) is 5.91 Å². The predicted molar refractivity (Wildman–Crippen MR) is 123 cm³/mol. The smallest absolute Gasteiger partial charge is 0.343 e. The summed E-state index contributed by atoms with van der Waals surface area (Å²) in [6, 6.07) is 20.5. The molecule has 8 heteroatoms. The summed E-state index contributed by atoms with van der Waals surface area (Å²) in [5, 5.41) is 4.47. The maximum Gasteiger partial charge on any atom is 0.343 e. The van der Waals surface area contributed by atoms with Gasteiger partial charge in [0, 0.05) is 15.1 Å². The summed E-state index contributed by atoms with van der Waals surface area (Å²) in [5.74, 6) is -0.168. The second-order valence-corrected chi connectivity index (χ2v) is 7.74. The van der Waals surface area contributed by atoms with Crippen molar-refractivity contribution in [2.45, 2.75) is 13.0 Å². The van der Waals surface area contributed by atoms with Crippen molar-refractivity contribution in [2.75, 3.05) is 0 Å². The number of amides is 1. The van der Waals surface area contributed by atoms with Gasteiger partial charge < -0.3 is 9.47 Å². The van der Waals surface area contributed by atoms with Crippen molar-refractivity contribution in [2.24, 2.45) is 5.10 Å². The van der Waals surface area contributed by atoms with Crippen LogP contribution in [0, 0.1) is 0 Å². The van der Waals surface area contributed by atoms with Gasteiger partial charge in [-0.2, -0.15) is 5.10 Å². The number of nitrogens with one attached hydrogen (secondary N) is 1. The molecule has 1 N–H and O–H groups in total. The molecule has 0 heterocycles. The van der Waals surface area contributed by atoms with Crippen LogP contribution in [-0.4, -0.2) is 24.2 Å². The number of carbonyl (C=O) groups excluding carboxylic acids is 2. The van der Waals surface area contributed by atoms with Crippen molar-refractivity contribution in [3.05, 3.63) is 93.4 Å². The largest absolute Gasteiger partial charge is 0.481 e. The first-order chi connectivity index (χ1) is 14.9. The highest BCUT2D eigenvalue weighted by molar-refractivity contribution is 9.10. The van der Waals surface area contributed by atoms with Crippen LogP contribution in [0.15, 0.2) is 82.4 Å². The Bertz CT molecular complexity index is 1110. The second kappa shape index (κ2) is 10.7. The Morgan fingerprint density at radius 2 is 1.84 bits per heavy atom. The summed E-state index contributed by atoms with van der Waals surface area (Å²) in [6.45, 7) is 1.60. The zero-order valence-corrected chi connectivity index (χ0v) is 18.8. The maximum absolute atomic E-state index is 12.3.